The Bertz CT molecular complexity index is 305. The molecule has 2 unspecified atom stereocenters. The first-order valence-electron chi connectivity index (χ1n) is 7.04. The van der Waals surface area contributed by atoms with Gasteiger partial charge in [-0.1, -0.05) is 0 Å². The molecule has 0 spiro atoms. The van der Waals surface area contributed by atoms with Gasteiger partial charge >= 0.3 is 0 Å². The van der Waals surface area contributed by atoms with Crippen molar-refractivity contribution in [2.24, 2.45) is 5.92 Å². The van der Waals surface area contributed by atoms with Crippen molar-refractivity contribution in [2.45, 2.75) is 57.2 Å². The molecule has 1 aliphatic heterocycles. The fourth-order valence-corrected chi connectivity index (χ4v) is 4.00. The van der Waals surface area contributed by atoms with E-state index in [0.29, 0.717) is 18.1 Å². The average molecular weight is 268 g/mol. The molecule has 0 radical (unpaired) electrons. The molecule has 4 heteroatoms. The lowest BCUT2D eigenvalue weighted by atomic mass is 9.96. The summed E-state index contributed by atoms with van der Waals surface area (Å²) in [7, 11) is 0. The van der Waals surface area contributed by atoms with E-state index in [1.54, 1.807) is 0 Å². The number of rotatable bonds is 7. The Balaban J connectivity index is 1.82. The molecule has 1 aliphatic carbocycles. The van der Waals surface area contributed by atoms with Crippen molar-refractivity contribution in [2.75, 3.05) is 18.1 Å². The van der Waals surface area contributed by atoms with Gasteiger partial charge in [0.2, 0.25) is 0 Å². The van der Waals surface area contributed by atoms with Crippen LogP contribution in [0.2, 0.25) is 0 Å². The summed E-state index contributed by atoms with van der Waals surface area (Å²) >= 11 is 1.88. The molecule has 0 amide bonds. The highest BCUT2D eigenvalue weighted by atomic mass is 32.2. The van der Waals surface area contributed by atoms with Crippen LogP contribution in [0, 0.1) is 17.2 Å². The fourth-order valence-electron chi connectivity index (χ4n) is 2.65. The Hall–Kier alpha value is -0.240. The van der Waals surface area contributed by atoms with Gasteiger partial charge in [0.25, 0.3) is 0 Å². The molecule has 2 rings (SSSR count). The van der Waals surface area contributed by atoms with Crippen molar-refractivity contribution >= 4 is 11.8 Å². The third kappa shape index (κ3) is 3.63. The molecule has 0 aromatic carbocycles. The van der Waals surface area contributed by atoms with Crippen LogP contribution in [0.3, 0.4) is 0 Å². The standard InChI is InChI=1S/C14H24N2OS/c1-11(2)16-14(9-15,12-5-6-12)10-18-8-13-4-3-7-17-13/h11-13,16H,3-8,10H2,1-2H3. The van der Waals surface area contributed by atoms with Crippen molar-refractivity contribution in [3.63, 3.8) is 0 Å². The minimum absolute atomic E-state index is 0.308. The zero-order valence-corrected chi connectivity index (χ0v) is 12.3. The van der Waals surface area contributed by atoms with Crippen LogP contribution in [-0.2, 0) is 4.74 Å². The Kier molecular flexibility index (Phi) is 4.94. The molecule has 18 heavy (non-hydrogen) atoms. The van der Waals surface area contributed by atoms with Gasteiger partial charge in [0.05, 0.1) is 12.2 Å². The zero-order chi connectivity index (χ0) is 13.0. The van der Waals surface area contributed by atoms with Gasteiger partial charge in [0.15, 0.2) is 0 Å². The van der Waals surface area contributed by atoms with E-state index < -0.39 is 0 Å². The summed E-state index contributed by atoms with van der Waals surface area (Å²) in [5.41, 5.74) is -0.308. The van der Waals surface area contributed by atoms with E-state index in [2.05, 4.69) is 25.2 Å². The molecule has 1 saturated heterocycles. The van der Waals surface area contributed by atoms with Crippen LogP contribution in [0.15, 0.2) is 0 Å². The van der Waals surface area contributed by atoms with Gasteiger partial charge in [-0.25, -0.2) is 0 Å². The van der Waals surface area contributed by atoms with Crippen LogP contribution in [0.1, 0.15) is 39.5 Å². The van der Waals surface area contributed by atoms with E-state index in [1.807, 2.05) is 11.8 Å². The van der Waals surface area contributed by atoms with Crippen LogP contribution < -0.4 is 5.32 Å². The number of hydrogen-bond donors (Lipinski definition) is 1. The van der Waals surface area contributed by atoms with Gasteiger partial charge in [0, 0.05) is 24.2 Å². The molecule has 1 N–H and O–H groups in total. The largest absolute Gasteiger partial charge is 0.377 e. The van der Waals surface area contributed by atoms with Crippen molar-refractivity contribution in [3.05, 3.63) is 0 Å². The van der Waals surface area contributed by atoms with Crippen molar-refractivity contribution in [1.29, 1.82) is 5.26 Å². The number of nitriles is 1. The maximum atomic E-state index is 9.57. The minimum atomic E-state index is -0.308. The van der Waals surface area contributed by atoms with Gasteiger partial charge in [-0.3, -0.25) is 5.32 Å². The summed E-state index contributed by atoms with van der Waals surface area (Å²) in [6, 6.07) is 2.93. The quantitative estimate of drug-likeness (QED) is 0.771. The zero-order valence-electron chi connectivity index (χ0n) is 11.4. The number of hydrogen-bond acceptors (Lipinski definition) is 4. The SMILES string of the molecule is CC(C)NC(C#N)(CSCC1CCCO1)C1CC1. The topological polar surface area (TPSA) is 45.0 Å². The molecule has 0 aromatic rings. The second kappa shape index (κ2) is 6.27. The number of ether oxygens (including phenoxy) is 1. The Morgan fingerprint density at radius 3 is 2.72 bits per heavy atom. The maximum absolute atomic E-state index is 9.57. The van der Waals surface area contributed by atoms with E-state index in [1.165, 1.54) is 25.7 Å². The van der Waals surface area contributed by atoms with E-state index in [-0.39, 0.29) is 5.54 Å². The highest BCUT2D eigenvalue weighted by Crippen LogP contribution is 2.41. The van der Waals surface area contributed by atoms with Gasteiger partial charge in [-0.2, -0.15) is 17.0 Å². The molecule has 3 nitrogen and oxygen atoms in total. The van der Waals surface area contributed by atoms with Gasteiger partial charge in [-0.15, -0.1) is 0 Å². The highest BCUT2D eigenvalue weighted by Gasteiger charge is 2.45. The van der Waals surface area contributed by atoms with Crippen LogP contribution >= 0.6 is 11.8 Å². The molecule has 0 aromatic heterocycles. The van der Waals surface area contributed by atoms with E-state index in [0.717, 1.165) is 18.1 Å². The van der Waals surface area contributed by atoms with Gasteiger partial charge in [0.1, 0.15) is 5.54 Å². The molecule has 1 saturated carbocycles. The second-order valence-electron chi connectivity index (χ2n) is 5.81. The lowest BCUT2D eigenvalue weighted by Crippen LogP contribution is -2.51. The van der Waals surface area contributed by atoms with Crippen LogP contribution in [-0.4, -0.2) is 35.8 Å². The van der Waals surface area contributed by atoms with Crippen LogP contribution in [0.25, 0.3) is 0 Å². The average Bonchev–Trinajstić information content (AvgIpc) is 3.07. The minimum Gasteiger partial charge on any atom is -0.377 e. The molecule has 2 aliphatic rings. The van der Waals surface area contributed by atoms with E-state index in [4.69, 9.17) is 4.74 Å². The highest BCUT2D eigenvalue weighted by molar-refractivity contribution is 7.99. The first-order valence-corrected chi connectivity index (χ1v) is 8.20. The summed E-state index contributed by atoms with van der Waals surface area (Å²) in [6.45, 7) is 5.17. The summed E-state index contributed by atoms with van der Waals surface area (Å²) < 4.78 is 5.63. The fraction of sp³-hybridized carbons (Fsp3) is 0.929. The Morgan fingerprint density at radius 1 is 1.44 bits per heavy atom. The van der Waals surface area contributed by atoms with Crippen LogP contribution in [0.5, 0.6) is 0 Å². The third-order valence-corrected chi connectivity index (χ3v) is 4.94. The molecule has 2 fully saturated rings. The number of thioether (sulfide) groups is 1. The molecule has 1 heterocycles. The van der Waals surface area contributed by atoms with Crippen molar-refractivity contribution in [3.8, 4) is 6.07 Å². The molecular weight excluding hydrogens is 244 g/mol. The lowest BCUT2D eigenvalue weighted by molar-refractivity contribution is 0.129. The molecule has 0 bridgehead atoms. The first kappa shape index (κ1) is 14.2. The monoisotopic (exact) mass is 268 g/mol. The number of nitrogens with one attached hydrogen (secondary N) is 1. The summed E-state index contributed by atoms with van der Waals surface area (Å²) in [4.78, 5) is 0. The smallest absolute Gasteiger partial charge is 0.118 e. The van der Waals surface area contributed by atoms with Gasteiger partial charge in [-0.05, 0) is 45.4 Å². The van der Waals surface area contributed by atoms with E-state index >= 15 is 0 Å². The lowest BCUT2D eigenvalue weighted by Gasteiger charge is -2.30. The van der Waals surface area contributed by atoms with E-state index in [9.17, 15) is 5.26 Å². The van der Waals surface area contributed by atoms with Crippen molar-refractivity contribution in [1.82, 2.24) is 5.32 Å². The molecular formula is C14H24N2OS. The van der Waals surface area contributed by atoms with Crippen LogP contribution in [0.4, 0.5) is 0 Å². The Labute approximate surface area is 115 Å². The van der Waals surface area contributed by atoms with Crippen molar-refractivity contribution < 1.29 is 4.74 Å². The van der Waals surface area contributed by atoms with Gasteiger partial charge < -0.3 is 4.74 Å². The Morgan fingerprint density at radius 2 is 2.22 bits per heavy atom. The summed E-state index contributed by atoms with van der Waals surface area (Å²) in [6.07, 6.45) is 5.21. The predicted molar refractivity (Wildman–Crippen MR) is 75.6 cm³/mol. The molecule has 102 valence electrons. The molecule has 2 atom stereocenters. The maximum Gasteiger partial charge on any atom is 0.118 e. The second-order valence-corrected chi connectivity index (χ2v) is 6.84. The summed E-state index contributed by atoms with van der Waals surface area (Å²) in [5, 5.41) is 13.1. The number of nitrogens with zero attached hydrogens (tertiary/aromatic N) is 1. The predicted octanol–water partition coefficient (Wildman–Crippen LogP) is 2.57. The summed E-state index contributed by atoms with van der Waals surface area (Å²) in [5.74, 6) is 2.49. The first-order chi connectivity index (χ1) is 8.66. The normalized spacial score (nSPS) is 27.1. The third-order valence-electron chi connectivity index (χ3n) is 3.68.